The highest BCUT2D eigenvalue weighted by atomic mass is 32.1. The average molecular weight is 414 g/mol. The van der Waals surface area contributed by atoms with Crippen LogP contribution in [0.3, 0.4) is 0 Å². The maximum absolute atomic E-state index is 5.46. The van der Waals surface area contributed by atoms with Gasteiger partial charge in [0.25, 0.3) is 0 Å². The minimum Gasteiger partial charge on any atom is -0.467 e. The highest BCUT2D eigenvalue weighted by Crippen LogP contribution is 2.40. The van der Waals surface area contributed by atoms with Crippen molar-refractivity contribution in [3.8, 4) is 6.01 Å². The second kappa shape index (κ2) is 7.67. The maximum Gasteiger partial charge on any atom is 0.322 e. The lowest BCUT2D eigenvalue weighted by Gasteiger charge is -2.27. The van der Waals surface area contributed by atoms with E-state index in [4.69, 9.17) is 9.72 Å². The second-order valence-corrected chi connectivity index (χ2v) is 9.11. The Morgan fingerprint density at radius 2 is 1.39 bits per heavy atom. The first-order chi connectivity index (χ1) is 13.8. The van der Waals surface area contributed by atoms with Crippen LogP contribution in [-0.4, -0.2) is 35.2 Å². The van der Waals surface area contributed by atoms with Gasteiger partial charge in [0.05, 0.1) is 19.2 Å². The van der Waals surface area contributed by atoms with Gasteiger partial charge in [0, 0.05) is 22.8 Å². The van der Waals surface area contributed by atoms with Crippen molar-refractivity contribution in [1.29, 1.82) is 0 Å². The van der Waals surface area contributed by atoms with E-state index < -0.39 is 0 Å². The largest absolute Gasteiger partial charge is 0.467 e. The first-order valence-electron chi connectivity index (χ1n) is 9.73. The van der Waals surface area contributed by atoms with Gasteiger partial charge in [-0.15, -0.1) is 22.7 Å². The van der Waals surface area contributed by atoms with E-state index in [0.29, 0.717) is 18.1 Å². The van der Waals surface area contributed by atoms with E-state index >= 15 is 0 Å². The molecule has 146 valence electrons. The van der Waals surface area contributed by atoms with E-state index in [-0.39, 0.29) is 0 Å². The molecule has 5 rings (SSSR count). The summed E-state index contributed by atoms with van der Waals surface area (Å²) in [4.78, 5) is 21.5. The van der Waals surface area contributed by atoms with Gasteiger partial charge in [0.15, 0.2) is 0 Å². The van der Waals surface area contributed by atoms with Gasteiger partial charge in [0.1, 0.15) is 0 Å². The molecule has 5 heterocycles. The van der Waals surface area contributed by atoms with Crippen molar-refractivity contribution in [2.24, 2.45) is 0 Å². The molecule has 6 nitrogen and oxygen atoms in total. The maximum atomic E-state index is 5.46. The van der Waals surface area contributed by atoms with Crippen molar-refractivity contribution in [3.05, 3.63) is 44.8 Å². The van der Waals surface area contributed by atoms with E-state index in [2.05, 4.69) is 54.8 Å². The number of nitrogens with zero attached hydrogens (tertiary/aromatic N) is 5. The van der Waals surface area contributed by atoms with Gasteiger partial charge in [0.2, 0.25) is 11.9 Å². The molecule has 2 fully saturated rings. The fourth-order valence-corrected chi connectivity index (χ4v) is 6.00. The Morgan fingerprint density at radius 3 is 1.82 bits per heavy atom. The Balaban J connectivity index is 1.50. The van der Waals surface area contributed by atoms with Gasteiger partial charge in [-0.3, -0.25) is 0 Å². The van der Waals surface area contributed by atoms with Crippen LogP contribution in [-0.2, 0) is 0 Å². The number of methoxy groups -OCH3 is 1. The van der Waals surface area contributed by atoms with Crippen LogP contribution in [0.25, 0.3) is 0 Å². The molecule has 2 aliphatic heterocycles. The van der Waals surface area contributed by atoms with Crippen molar-refractivity contribution in [1.82, 2.24) is 15.0 Å². The Hall–Kier alpha value is -2.19. The molecule has 0 aromatic carbocycles. The van der Waals surface area contributed by atoms with Gasteiger partial charge in [-0.05, 0) is 48.6 Å². The van der Waals surface area contributed by atoms with E-state index in [1.165, 1.54) is 9.75 Å². The molecule has 0 amide bonds. The Bertz CT molecular complexity index is 844. The van der Waals surface area contributed by atoms with Crippen molar-refractivity contribution < 1.29 is 4.74 Å². The molecule has 0 saturated carbocycles. The van der Waals surface area contributed by atoms with Gasteiger partial charge in [-0.25, -0.2) is 0 Å². The standard InChI is InChI=1S/C20H23N5OS2/c1-26-20-22-18(24-10-2-6-14(24)16-8-4-12-27-16)21-19(23-20)25-11-3-7-15(25)17-9-5-13-28-17/h4-5,8-9,12-15H,2-3,6-7,10-11H2,1H3/t14-,15-/m1/s1. The van der Waals surface area contributed by atoms with E-state index in [0.717, 1.165) is 50.7 Å². The fraction of sp³-hybridized carbons (Fsp3) is 0.450. The predicted molar refractivity (Wildman–Crippen MR) is 114 cm³/mol. The minimum atomic E-state index is 0.339. The first kappa shape index (κ1) is 17.9. The second-order valence-electron chi connectivity index (χ2n) is 7.16. The van der Waals surface area contributed by atoms with E-state index in [1.807, 2.05) is 0 Å². The summed E-state index contributed by atoms with van der Waals surface area (Å²) in [6.07, 6.45) is 4.55. The SMILES string of the molecule is COc1nc(N2CCC[C@@H]2c2cccs2)nc(N2CCC[C@@H]2c2cccs2)n1. The average Bonchev–Trinajstić information content (AvgIpc) is 3.52. The van der Waals surface area contributed by atoms with Crippen molar-refractivity contribution in [3.63, 3.8) is 0 Å². The monoisotopic (exact) mass is 413 g/mol. The topological polar surface area (TPSA) is 54.4 Å². The molecule has 0 aliphatic carbocycles. The summed E-state index contributed by atoms with van der Waals surface area (Å²) in [6.45, 7) is 1.92. The van der Waals surface area contributed by atoms with Gasteiger partial charge in [-0.1, -0.05) is 12.1 Å². The summed E-state index contributed by atoms with van der Waals surface area (Å²) in [6, 6.07) is 9.73. The molecular weight excluding hydrogens is 390 g/mol. The van der Waals surface area contributed by atoms with E-state index in [9.17, 15) is 0 Å². The zero-order valence-electron chi connectivity index (χ0n) is 15.8. The number of aromatic nitrogens is 3. The van der Waals surface area contributed by atoms with Gasteiger partial charge < -0.3 is 14.5 Å². The summed E-state index contributed by atoms with van der Waals surface area (Å²) in [7, 11) is 1.63. The summed E-state index contributed by atoms with van der Waals surface area (Å²) >= 11 is 3.61. The highest BCUT2D eigenvalue weighted by molar-refractivity contribution is 7.10. The minimum absolute atomic E-state index is 0.339. The molecular formula is C20H23N5OS2. The number of thiophene rings is 2. The molecule has 3 aromatic rings. The number of hydrogen-bond donors (Lipinski definition) is 0. The summed E-state index contributed by atoms with van der Waals surface area (Å²) in [5.74, 6) is 1.46. The zero-order chi connectivity index (χ0) is 18.9. The van der Waals surface area contributed by atoms with Gasteiger partial charge in [-0.2, -0.15) is 15.0 Å². The zero-order valence-corrected chi connectivity index (χ0v) is 17.5. The third-order valence-corrected chi connectivity index (χ3v) is 7.48. The number of ether oxygens (including phenoxy) is 1. The molecule has 2 saturated heterocycles. The Morgan fingerprint density at radius 1 is 0.857 bits per heavy atom. The molecule has 2 atom stereocenters. The quantitative estimate of drug-likeness (QED) is 0.605. The van der Waals surface area contributed by atoms with Crippen molar-refractivity contribution in [2.45, 2.75) is 37.8 Å². The molecule has 8 heteroatoms. The first-order valence-corrected chi connectivity index (χ1v) is 11.5. The summed E-state index contributed by atoms with van der Waals surface area (Å²) in [5, 5.41) is 4.28. The van der Waals surface area contributed by atoms with Crippen molar-refractivity contribution >= 4 is 34.6 Å². The summed E-state index contributed by atoms with van der Waals surface area (Å²) < 4.78 is 5.46. The third kappa shape index (κ3) is 3.24. The lowest BCUT2D eigenvalue weighted by Crippen LogP contribution is -2.28. The van der Waals surface area contributed by atoms with E-state index in [1.54, 1.807) is 29.8 Å². The van der Waals surface area contributed by atoms with Crippen LogP contribution < -0.4 is 14.5 Å². The highest BCUT2D eigenvalue weighted by Gasteiger charge is 2.33. The predicted octanol–water partition coefficient (Wildman–Crippen LogP) is 4.69. The number of rotatable bonds is 5. The lowest BCUT2D eigenvalue weighted by atomic mass is 10.2. The van der Waals surface area contributed by atoms with Crippen LogP contribution in [0, 0.1) is 0 Å². The van der Waals surface area contributed by atoms with Crippen molar-refractivity contribution in [2.75, 3.05) is 30.0 Å². The number of anilines is 2. The Kier molecular flexibility index (Phi) is 4.90. The van der Waals surface area contributed by atoms with Crippen LogP contribution >= 0.6 is 22.7 Å². The molecule has 0 bridgehead atoms. The molecule has 0 unspecified atom stereocenters. The number of hydrogen-bond acceptors (Lipinski definition) is 8. The smallest absolute Gasteiger partial charge is 0.322 e. The molecule has 2 aliphatic rings. The van der Waals surface area contributed by atoms with Crippen LogP contribution in [0.1, 0.15) is 47.5 Å². The van der Waals surface area contributed by atoms with Crippen LogP contribution in [0.5, 0.6) is 6.01 Å². The Labute approximate surface area is 172 Å². The molecule has 28 heavy (non-hydrogen) atoms. The summed E-state index contributed by atoms with van der Waals surface area (Å²) in [5.41, 5.74) is 0. The van der Waals surface area contributed by atoms with Crippen LogP contribution in [0.4, 0.5) is 11.9 Å². The third-order valence-electron chi connectivity index (χ3n) is 5.54. The molecule has 0 radical (unpaired) electrons. The van der Waals surface area contributed by atoms with Gasteiger partial charge >= 0.3 is 6.01 Å². The molecule has 0 N–H and O–H groups in total. The lowest BCUT2D eigenvalue weighted by molar-refractivity contribution is 0.377. The molecule has 0 spiro atoms. The van der Waals surface area contributed by atoms with Crippen LogP contribution in [0.2, 0.25) is 0 Å². The fourth-order valence-electron chi connectivity index (χ4n) is 4.25. The normalized spacial score (nSPS) is 22.2. The van der Waals surface area contributed by atoms with Crippen LogP contribution in [0.15, 0.2) is 35.0 Å². The molecule has 3 aromatic heterocycles.